The first-order valence-electron chi connectivity index (χ1n) is 5.88. The Balaban J connectivity index is 2.39. The third-order valence-corrected chi connectivity index (χ3v) is 6.00. The molecule has 0 N–H and O–H groups in total. The van der Waals surface area contributed by atoms with Crippen LogP contribution < -0.4 is 9.27 Å². The minimum absolute atomic E-state index is 0.00388. The van der Waals surface area contributed by atoms with Crippen LogP contribution in [0.1, 0.15) is 20.8 Å². The predicted octanol–water partition coefficient (Wildman–Crippen LogP) is 1.78. The fourth-order valence-electron chi connectivity index (χ4n) is 1.66. The molecule has 92 valence electrons. The average Bonchev–Trinajstić information content (AvgIpc) is 2.27. The first-order chi connectivity index (χ1) is 8.46. The third-order valence-electron chi connectivity index (χ3n) is 2.35. The Kier molecular flexibility index (Phi) is 3.90. The van der Waals surface area contributed by atoms with E-state index in [1.807, 2.05) is 12.1 Å². The van der Waals surface area contributed by atoms with Crippen LogP contribution in [0.15, 0.2) is 47.5 Å². The molecule has 0 spiro atoms. The van der Waals surface area contributed by atoms with Crippen LogP contribution in [0, 0.1) is 0 Å². The Bertz CT molecular complexity index is 599. The zero-order valence-electron chi connectivity index (χ0n) is 10.8. The van der Waals surface area contributed by atoms with E-state index >= 15 is 0 Å². The van der Waals surface area contributed by atoms with E-state index < -0.39 is 21.1 Å². The van der Waals surface area contributed by atoms with Gasteiger partial charge in [-0.05, 0) is 0 Å². The van der Waals surface area contributed by atoms with Crippen molar-refractivity contribution < 1.29 is 0 Å². The summed E-state index contributed by atoms with van der Waals surface area (Å²) in [6, 6.07) is 9.13. The molecule has 4 heteroatoms. The first-order valence-corrected chi connectivity index (χ1v) is 8.73. The van der Waals surface area contributed by atoms with E-state index in [2.05, 4.69) is 31.8 Å². The normalized spacial score (nSPS) is 11.5. The van der Waals surface area contributed by atoms with E-state index in [0.29, 0.717) is 3.43 Å². The number of hydrogen-bond acceptors (Lipinski definition) is 2. The number of pyridine rings is 2. The Morgan fingerprint density at radius 2 is 2.00 bits per heavy atom. The van der Waals surface area contributed by atoms with Crippen LogP contribution in [0.2, 0.25) is 3.43 Å². The molecular formula is C14H16N2OSn. The summed E-state index contributed by atoms with van der Waals surface area (Å²) in [4.78, 5) is 16.2. The van der Waals surface area contributed by atoms with E-state index in [9.17, 15) is 4.79 Å². The van der Waals surface area contributed by atoms with Crippen molar-refractivity contribution in [2.45, 2.75) is 24.2 Å². The van der Waals surface area contributed by atoms with Gasteiger partial charge in [-0.1, -0.05) is 0 Å². The number of nitrogens with zero attached hydrogens (tertiary/aromatic N) is 2. The molecule has 0 saturated heterocycles. The molecule has 0 fully saturated rings. The van der Waals surface area contributed by atoms with Crippen LogP contribution in [0.25, 0.3) is 5.69 Å². The third kappa shape index (κ3) is 3.45. The van der Waals surface area contributed by atoms with Gasteiger partial charge in [0.05, 0.1) is 0 Å². The zero-order chi connectivity index (χ0) is 13.2. The van der Waals surface area contributed by atoms with Gasteiger partial charge in [0, 0.05) is 0 Å². The van der Waals surface area contributed by atoms with Gasteiger partial charge < -0.3 is 0 Å². The van der Waals surface area contributed by atoms with E-state index in [1.165, 1.54) is 3.71 Å². The summed E-state index contributed by atoms with van der Waals surface area (Å²) in [5.41, 5.74) is 0.909. The van der Waals surface area contributed by atoms with Gasteiger partial charge in [0.2, 0.25) is 0 Å². The molecule has 2 radical (unpaired) electrons. The van der Waals surface area contributed by atoms with Crippen LogP contribution in [0.3, 0.4) is 0 Å². The van der Waals surface area contributed by atoms with Gasteiger partial charge in [0.15, 0.2) is 0 Å². The van der Waals surface area contributed by atoms with Crippen molar-refractivity contribution in [1.82, 2.24) is 9.55 Å². The second-order valence-corrected chi connectivity index (χ2v) is 11.6. The Morgan fingerprint density at radius 3 is 2.67 bits per heavy atom. The summed E-state index contributed by atoms with van der Waals surface area (Å²) in [5.74, 6) is 0. The minimum atomic E-state index is -0.736. The molecular weight excluding hydrogens is 331 g/mol. The number of aromatic nitrogens is 2. The van der Waals surface area contributed by atoms with E-state index in [0.717, 1.165) is 5.69 Å². The van der Waals surface area contributed by atoms with Crippen LogP contribution in [0.5, 0.6) is 0 Å². The second-order valence-electron chi connectivity index (χ2n) is 5.18. The molecule has 0 aromatic carbocycles. The molecule has 2 aromatic rings. The molecule has 18 heavy (non-hydrogen) atoms. The van der Waals surface area contributed by atoms with Crippen LogP contribution >= 0.6 is 0 Å². The van der Waals surface area contributed by atoms with Gasteiger partial charge >= 0.3 is 117 Å². The first kappa shape index (κ1) is 13.3. The van der Waals surface area contributed by atoms with Crippen LogP contribution in [-0.4, -0.2) is 30.7 Å². The van der Waals surface area contributed by atoms with Gasteiger partial charge in [0.1, 0.15) is 0 Å². The van der Waals surface area contributed by atoms with Crippen molar-refractivity contribution in [2.24, 2.45) is 0 Å². The monoisotopic (exact) mass is 348 g/mol. The van der Waals surface area contributed by atoms with Crippen molar-refractivity contribution in [3.63, 3.8) is 0 Å². The van der Waals surface area contributed by atoms with Gasteiger partial charge in [-0.3, -0.25) is 0 Å². The Hall–Kier alpha value is -1.10. The molecule has 0 unspecified atom stereocenters. The van der Waals surface area contributed by atoms with E-state index in [-0.39, 0.29) is 5.56 Å². The molecule has 2 rings (SSSR count). The summed E-state index contributed by atoms with van der Waals surface area (Å²) in [7, 11) is 0. The summed E-state index contributed by atoms with van der Waals surface area (Å²) in [6.45, 7) is 6.76. The molecule has 2 aromatic heterocycles. The molecule has 3 nitrogen and oxygen atoms in total. The topological polar surface area (TPSA) is 34.9 Å². The fourth-order valence-corrected chi connectivity index (χ4v) is 4.88. The summed E-state index contributed by atoms with van der Waals surface area (Å²) >= 11 is -0.736. The van der Waals surface area contributed by atoms with Crippen molar-refractivity contribution in [3.8, 4) is 5.69 Å². The molecule has 0 amide bonds. The number of hydrogen-bond donors (Lipinski definition) is 0. The second kappa shape index (κ2) is 5.26. The predicted molar refractivity (Wildman–Crippen MR) is 74.9 cm³/mol. The van der Waals surface area contributed by atoms with Crippen molar-refractivity contribution in [1.29, 1.82) is 0 Å². The van der Waals surface area contributed by atoms with Crippen molar-refractivity contribution in [3.05, 3.63) is 53.1 Å². The SMILES string of the molecule is C[C](C)(C)[Sn][c]1cc(-n2ccccc2=O)ccn1. The molecule has 0 aliphatic carbocycles. The summed E-state index contributed by atoms with van der Waals surface area (Å²) in [5, 5.41) is 0. The Morgan fingerprint density at radius 1 is 1.22 bits per heavy atom. The molecule has 0 saturated carbocycles. The molecule has 0 aliphatic heterocycles. The molecule has 0 bridgehead atoms. The molecule has 0 atom stereocenters. The quantitative estimate of drug-likeness (QED) is 0.777. The van der Waals surface area contributed by atoms with E-state index in [4.69, 9.17) is 0 Å². The standard InChI is InChI=1S/C10H7N2O.C4H9.Sn/c13-10-3-1-2-8-12(10)9-4-6-11-7-5-9;1-4(2)3;/h1-6,8H;1-3H3;. The van der Waals surface area contributed by atoms with Crippen LogP contribution in [-0.2, 0) is 0 Å². The molecule has 2 heterocycles. The van der Waals surface area contributed by atoms with Gasteiger partial charge in [-0.25, -0.2) is 0 Å². The van der Waals surface area contributed by atoms with Gasteiger partial charge in [-0.15, -0.1) is 0 Å². The molecule has 0 aliphatic rings. The summed E-state index contributed by atoms with van der Waals surface area (Å²) in [6.07, 6.45) is 3.60. The van der Waals surface area contributed by atoms with Crippen LogP contribution in [0.4, 0.5) is 0 Å². The fraction of sp³-hybridized carbons (Fsp3) is 0.286. The van der Waals surface area contributed by atoms with Crippen molar-refractivity contribution >= 4 is 24.9 Å². The maximum absolute atomic E-state index is 11.8. The van der Waals surface area contributed by atoms with E-state index in [1.54, 1.807) is 29.1 Å². The Labute approximate surface area is 117 Å². The average molecular weight is 347 g/mol. The maximum atomic E-state index is 11.8. The number of rotatable bonds is 2. The van der Waals surface area contributed by atoms with Gasteiger partial charge in [0.25, 0.3) is 0 Å². The summed E-state index contributed by atoms with van der Waals surface area (Å²) < 4.78 is 3.20. The van der Waals surface area contributed by atoms with Gasteiger partial charge in [-0.2, -0.15) is 0 Å². The zero-order valence-corrected chi connectivity index (χ0v) is 13.7. The van der Waals surface area contributed by atoms with Crippen molar-refractivity contribution in [2.75, 3.05) is 0 Å².